The number of halogens is 1. The molecular weight excluding hydrogens is 372 g/mol. The van der Waals surface area contributed by atoms with E-state index in [1.807, 2.05) is 18.2 Å². The highest BCUT2D eigenvalue weighted by Gasteiger charge is 2.14. The van der Waals surface area contributed by atoms with Crippen molar-refractivity contribution in [3.63, 3.8) is 0 Å². The van der Waals surface area contributed by atoms with E-state index < -0.39 is 0 Å². The Morgan fingerprint density at radius 3 is 2.21 bits per heavy atom. The molecule has 2 aromatic carbocycles. The fraction of sp³-hybridized carbons (Fsp3) is 0.435. The maximum atomic E-state index is 12.1. The molecule has 2 aromatic rings. The average Bonchev–Trinajstić information content (AvgIpc) is 2.73. The van der Waals surface area contributed by atoms with Gasteiger partial charge in [-0.1, -0.05) is 54.6 Å². The summed E-state index contributed by atoms with van der Waals surface area (Å²) in [4.78, 5) is 12.1. The van der Waals surface area contributed by atoms with Crippen molar-refractivity contribution < 1.29 is 9.53 Å². The zero-order chi connectivity index (χ0) is 18.7. The zero-order valence-corrected chi connectivity index (χ0v) is 17.2. The van der Waals surface area contributed by atoms with E-state index in [9.17, 15) is 4.79 Å². The molecule has 1 heterocycles. The Morgan fingerprint density at radius 2 is 1.54 bits per heavy atom. The van der Waals surface area contributed by atoms with Gasteiger partial charge >= 0.3 is 0 Å². The van der Waals surface area contributed by atoms with Crippen molar-refractivity contribution in [3.8, 4) is 0 Å². The van der Waals surface area contributed by atoms with Crippen LogP contribution in [0.2, 0.25) is 0 Å². The number of rotatable bonds is 9. The number of benzene rings is 2. The van der Waals surface area contributed by atoms with Crippen LogP contribution in [0.5, 0.6) is 0 Å². The smallest absolute Gasteiger partial charge is 0.220 e. The Morgan fingerprint density at radius 1 is 0.929 bits per heavy atom. The van der Waals surface area contributed by atoms with Gasteiger partial charge in [-0.25, -0.2) is 0 Å². The van der Waals surface area contributed by atoms with Gasteiger partial charge in [0.15, 0.2) is 0 Å². The molecule has 0 spiro atoms. The molecule has 1 aliphatic rings. The Kier molecular flexibility index (Phi) is 10.0. The highest BCUT2D eigenvalue weighted by atomic mass is 35.5. The number of carbonyl (C=O) groups excluding carboxylic acids is 1. The van der Waals surface area contributed by atoms with Gasteiger partial charge in [-0.2, -0.15) is 0 Å². The van der Waals surface area contributed by atoms with E-state index in [0.29, 0.717) is 32.1 Å². The van der Waals surface area contributed by atoms with E-state index in [1.54, 1.807) is 0 Å². The molecule has 1 saturated heterocycles. The van der Waals surface area contributed by atoms with Crippen LogP contribution in [0.25, 0.3) is 0 Å². The molecule has 2 N–H and O–H groups in total. The third kappa shape index (κ3) is 8.01. The lowest BCUT2D eigenvalue weighted by Gasteiger charge is -2.22. The molecule has 28 heavy (non-hydrogen) atoms. The SMILES string of the molecule is Cl.O=C(CCC1CCNCC1)NCc1ccc(COCc2ccccc2)cc1. The van der Waals surface area contributed by atoms with Crippen LogP contribution in [0, 0.1) is 5.92 Å². The highest BCUT2D eigenvalue weighted by Crippen LogP contribution is 2.17. The molecule has 0 aromatic heterocycles. The lowest BCUT2D eigenvalue weighted by atomic mass is 9.93. The van der Waals surface area contributed by atoms with E-state index in [4.69, 9.17) is 4.74 Å². The maximum Gasteiger partial charge on any atom is 0.220 e. The summed E-state index contributed by atoms with van der Waals surface area (Å²) in [5, 5.41) is 6.40. The van der Waals surface area contributed by atoms with Crippen LogP contribution in [0.1, 0.15) is 42.4 Å². The van der Waals surface area contributed by atoms with Crippen LogP contribution in [0.15, 0.2) is 54.6 Å². The van der Waals surface area contributed by atoms with Gasteiger partial charge in [0, 0.05) is 13.0 Å². The van der Waals surface area contributed by atoms with Crippen LogP contribution in [0.3, 0.4) is 0 Å². The van der Waals surface area contributed by atoms with Crippen LogP contribution in [-0.4, -0.2) is 19.0 Å². The summed E-state index contributed by atoms with van der Waals surface area (Å²) in [6.45, 7) is 3.99. The topological polar surface area (TPSA) is 50.4 Å². The summed E-state index contributed by atoms with van der Waals surface area (Å²) >= 11 is 0. The summed E-state index contributed by atoms with van der Waals surface area (Å²) in [6, 6.07) is 18.5. The van der Waals surface area contributed by atoms with Crippen molar-refractivity contribution >= 4 is 18.3 Å². The molecule has 1 aliphatic heterocycles. The number of piperidine rings is 1. The predicted octanol–water partition coefficient (Wildman–Crippen LogP) is 4.22. The van der Waals surface area contributed by atoms with Crippen molar-refractivity contribution in [3.05, 3.63) is 71.3 Å². The molecule has 0 unspecified atom stereocenters. The molecule has 0 saturated carbocycles. The average molecular weight is 403 g/mol. The Bertz CT molecular complexity index is 686. The molecular formula is C23H31ClN2O2. The van der Waals surface area contributed by atoms with Crippen molar-refractivity contribution in [1.82, 2.24) is 10.6 Å². The molecule has 5 heteroatoms. The first kappa shape index (κ1) is 22.4. The van der Waals surface area contributed by atoms with Crippen LogP contribution >= 0.6 is 12.4 Å². The van der Waals surface area contributed by atoms with Crippen molar-refractivity contribution in [2.75, 3.05) is 13.1 Å². The van der Waals surface area contributed by atoms with E-state index in [2.05, 4.69) is 47.0 Å². The first-order valence-corrected chi connectivity index (χ1v) is 9.96. The normalized spacial score (nSPS) is 14.3. The summed E-state index contributed by atoms with van der Waals surface area (Å²) in [5.41, 5.74) is 3.45. The zero-order valence-electron chi connectivity index (χ0n) is 16.4. The summed E-state index contributed by atoms with van der Waals surface area (Å²) in [7, 11) is 0. The van der Waals surface area contributed by atoms with Crippen molar-refractivity contribution in [2.24, 2.45) is 5.92 Å². The first-order chi connectivity index (χ1) is 13.3. The van der Waals surface area contributed by atoms with E-state index in [-0.39, 0.29) is 18.3 Å². The number of carbonyl (C=O) groups is 1. The highest BCUT2D eigenvalue weighted by molar-refractivity contribution is 5.85. The van der Waals surface area contributed by atoms with Gasteiger partial charge in [0.1, 0.15) is 0 Å². The minimum atomic E-state index is 0. The second-order valence-corrected chi connectivity index (χ2v) is 7.30. The number of amides is 1. The van der Waals surface area contributed by atoms with Gasteiger partial charge in [0.25, 0.3) is 0 Å². The van der Waals surface area contributed by atoms with E-state index in [1.165, 1.54) is 18.4 Å². The molecule has 1 amide bonds. The van der Waals surface area contributed by atoms with E-state index in [0.717, 1.165) is 30.6 Å². The van der Waals surface area contributed by atoms with Gasteiger partial charge in [-0.05, 0) is 55.0 Å². The lowest BCUT2D eigenvalue weighted by molar-refractivity contribution is -0.121. The first-order valence-electron chi connectivity index (χ1n) is 9.96. The molecule has 4 nitrogen and oxygen atoms in total. The van der Waals surface area contributed by atoms with Crippen molar-refractivity contribution in [1.29, 1.82) is 0 Å². The summed E-state index contributed by atoms with van der Waals surface area (Å²) < 4.78 is 5.76. The Balaban J connectivity index is 0.00000280. The number of ether oxygens (including phenoxy) is 1. The van der Waals surface area contributed by atoms with Gasteiger partial charge in [-0.15, -0.1) is 12.4 Å². The van der Waals surface area contributed by atoms with Crippen molar-refractivity contribution in [2.45, 2.75) is 45.4 Å². The summed E-state index contributed by atoms with van der Waals surface area (Å²) in [6.07, 6.45) is 4.03. The fourth-order valence-electron chi connectivity index (χ4n) is 3.41. The molecule has 0 radical (unpaired) electrons. The van der Waals surface area contributed by atoms with Gasteiger partial charge in [0.05, 0.1) is 13.2 Å². The second kappa shape index (κ2) is 12.6. The van der Waals surface area contributed by atoms with Crippen LogP contribution in [0.4, 0.5) is 0 Å². The molecule has 152 valence electrons. The molecule has 0 aliphatic carbocycles. The molecule has 0 bridgehead atoms. The predicted molar refractivity (Wildman–Crippen MR) is 115 cm³/mol. The van der Waals surface area contributed by atoms with E-state index >= 15 is 0 Å². The molecule has 3 rings (SSSR count). The van der Waals surface area contributed by atoms with Gasteiger partial charge in [-0.3, -0.25) is 4.79 Å². The Labute approximate surface area is 174 Å². The largest absolute Gasteiger partial charge is 0.372 e. The maximum absolute atomic E-state index is 12.1. The second-order valence-electron chi connectivity index (χ2n) is 7.30. The minimum absolute atomic E-state index is 0. The standard InChI is InChI=1S/C23H30N2O2.ClH/c26-23(11-10-19-12-14-24-15-13-19)25-16-20-6-8-22(9-7-20)18-27-17-21-4-2-1-3-5-21;/h1-9,19,24H,10-18H2,(H,25,26);1H. The lowest BCUT2D eigenvalue weighted by Crippen LogP contribution is -2.29. The fourth-order valence-corrected chi connectivity index (χ4v) is 3.41. The monoisotopic (exact) mass is 402 g/mol. The quantitative estimate of drug-likeness (QED) is 0.660. The molecule has 0 atom stereocenters. The van der Waals surface area contributed by atoms with Crippen LogP contribution in [-0.2, 0) is 29.3 Å². The van der Waals surface area contributed by atoms with Crippen LogP contribution < -0.4 is 10.6 Å². The Hall–Kier alpha value is -1.88. The number of nitrogens with one attached hydrogen (secondary N) is 2. The third-order valence-corrected chi connectivity index (χ3v) is 5.13. The summed E-state index contributed by atoms with van der Waals surface area (Å²) in [5.74, 6) is 0.857. The van der Waals surface area contributed by atoms with Gasteiger partial charge < -0.3 is 15.4 Å². The van der Waals surface area contributed by atoms with Gasteiger partial charge in [0.2, 0.25) is 5.91 Å². The number of hydrogen-bond donors (Lipinski definition) is 2. The minimum Gasteiger partial charge on any atom is -0.372 e. The molecule has 1 fully saturated rings. The number of hydrogen-bond acceptors (Lipinski definition) is 3. The third-order valence-electron chi connectivity index (χ3n) is 5.13.